The monoisotopic (exact) mass is 391 g/mol. The first-order valence-corrected chi connectivity index (χ1v) is 9.59. The lowest BCUT2D eigenvalue weighted by molar-refractivity contribution is 0.292. The van der Waals surface area contributed by atoms with Crippen LogP contribution >= 0.6 is 50.5 Å². The quantitative estimate of drug-likeness (QED) is 0.732. The molecule has 1 fully saturated rings. The summed E-state index contributed by atoms with van der Waals surface area (Å²) in [6.45, 7) is 1.09. The summed E-state index contributed by atoms with van der Waals surface area (Å²) in [4.78, 5) is 0.136. The van der Waals surface area contributed by atoms with Gasteiger partial charge in [0.2, 0.25) is 10.0 Å². The highest BCUT2D eigenvalue weighted by Gasteiger charge is 2.31. The van der Waals surface area contributed by atoms with Gasteiger partial charge in [0.15, 0.2) is 0 Å². The minimum absolute atomic E-state index is 0.136. The number of piperidine rings is 1. The molecule has 2 heterocycles. The standard InChI is InChI=1S/C10H12BrCl2NO2S2/c11-6-7-1-3-14(4-2-7)18(15,16)8-5-9(12)17-10(8)13/h5,7H,1-4,6H2. The van der Waals surface area contributed by atoms with Crippen molar-refractivity contribution >= 4 is 60.5 Å². The third-order valence-corrected chi connectivity index (χ3v) is 7.60. The van der Waals surface area contributed by atoms with E-state index in [4.69, 9.17) is 23.2 Å². The molecule has 1 saturated heterocycles. The summed E-state index contributed by atoms with van der Waals surface area (Å²) in [5.74, 6) is 0.554. The molecule has 8 heteroatoms. The molecule has 3 nitrogen and oxygen atoms in total. The fraction of sp³-hybridized carbons (Fsp3) is 0.600. The number of hydrogen-bond acceptors (Lipinski definition) is 3. The van der Waals surface area contributed by atoms with Crippen molar-refractivity contribution in [1.29, 1.82) is 0 Å². The zero-order chi connectivity index (χ0) is 13.3. The number of nitrogens with zero attached hydrogens (tertiary/aromatic N) is 1. The van der Waals surface area contributed by atoms with Crippen molar-refractivity contribution in [2.24, 2.45) is 5.92 Å². The van der Waals surface area contributed by atoms with E-state index in [1.165, 1.54) is 10.4 Å². The second-order valence-electron chi connectivity index (χ2n) is 4.19. The highest BCUT2D eigenvalue weighted by atomic mass is 79.9. The average molecular weight is 393 g/mol. The summed E-state index contributed by atoms with van der Waals surface area (Å²) in [7, 11) is -3.49. The van der Waals surface area contributed by atoms with Gasteiger partial charge < -0.3 is 0 Å². The Hall–Kier alpha value is 0.670. The molecular formula is C10H12BrCl2NO2S2. The van der Waals surface area contributed by atoms with E-state index in [1.54, 1.807) is 0 Å². The Kier molecular flexibility index (Phi) is 5.00. The van der Waals surface area contributed by atoms with E-state index in [2.05, 4.69) is 15.9 Å². The van der Waals surface area contributed by atoms with Gasteiger partial charge in [-0.15, -0.1) is 11.3 Å². The van der Waals surface area contributed by atoms with Crippen LogP contribution in [-0.4, -0.2) is 31.1 Å². The minimum Gasteiger partial charge on any atom is -0.207 e. The lowest BCUT2D eigenvalue weighted by atomic mass is 10.0. The molecule has 0 N–H and O–H groups in total. The molecule has 18 heavy (non-hydrogen) atoms. The van der Waals surface area contributed by atoms with Gasteiger partial charge in [0.1, 0.15) is 9.23 Å². The molecule has 102 valence electrons. The smallest absolute Gasteiger partial charge is 0.207 e. The predicted octanol–water partition coefficient (Wildman–Crippen LogP) is 3.85. The number of thiophene rings is 1. The Morgan fingerprint density at radius 3 is 2.44 bits per heavy atom. The van der Waals surface area contributed by atoms with Gasteiger partial charge in [0.05, 0.1) is 4.34 Å². The van der Waals surface area contributed by atoms with Crippen molar-refractivity contribution in [2.45, 2.75) is 17.7 Å². The van der Waals surface area contributed by atoms with E-state index >= 15 is 0 Å². The maximum absolute atomic E-state index is 12.4. The maximum atomic E-state index is 12.4. The molecular weight excluding hydrogens is 381 g/mol. The van der Waals surface area contributed by atoms with Gasteiger partial charge in [-0.25, -0.2) is 8.42 Å². The van der Waals surface area contributed by atoms with E-state index in [0.29, 0.717) is 23.3 Å². The van der Waals surface area contributed by atoms with Crippen LogP contribution in [0.25, 0.3) is 0 Å². The van der Waals surface area contributed by atoms with Crippen LogP contribution in [0.15, 0.2) is 11.0 Å². The molecule has 1 aromatic heterocycles. The van der Waals surface area contributed by atoms with Gasteiger partial charge in [0.25, 0.3) is 0 Å². The maximum Gasteiger partial charge on any atom is 0.245 e. The van der Waals surface area contributed by atoms with Crippen molar-refractivity contribution in [3.8, 4) is 0 Å². The number of rotatable bonds is 3. The fourth-order valence-corrected chi connectivity index (χ4v) is 6.17. The van der Waals surface area contributed by atoms with Crippen LogP contribution in [0.3, 0.4) is 0 Å². The summed E-state index contributed by atoms with van der Waals surface area (Å²) in [5, 5.41) is 0.923. The van der Waals surface area contributed by atoms with E-state index < -0.39 is 10.0 Å². The van der Waals surface area contributed by atoms with E-state index in [-0.39, 0.29) is 9.23 Å². The zero-order valence-electron chi connectivity index (χ0n) is 9.40. The molecule has 1 aliphatic heterocycles. The van der Waals surface area contributed by atoms with Gasteiger partial charge in [-0.2, -0.15) is 4.31 Å². The molecule has 0 spiro atoms. The topological polar surface area (TPSA) is 37.4 Å². The molecule has 0 radical (unpaired) electrons. The number of sulfonamides is 1. The number of hydrogen-bond donors (Lipinski definition) is 0. The molecule has 0 aliphatic carbocycles. The molecule has 0 unspecified atom stereocenters. The predicted molar refractivity (Wildman–Crippen MR) is 79.6 cm³/mol. The van der Waals surface area contributed by atoms with Crippen LogP contribution < -0.4 is 0 Å². The van der Waals surface area contributed by atoms with Gasteiger partial charge in [0, 0.05) is 18.4 Å². The molecule has 1 aliphatic rings. The highest BCUT2D eigenvalue weighted by Crippen LogP contribution is 2.36. The third kappa shape index (κ3) is 3.04. The van der Waals surface area contributed by atoms with Crippen LogP contribution in [0.2, 0.25) is 8.67 Å². The Morgan fingerprint density at radius 1 is 1.39 bits per heavy atom. The molecule has 1 aromatic rings. The Morgan fingerprint density at radius 2 is 2.00 bits per heavy atom. The first kappa shape index (κ1) is 15.1. The van der Waals surface area contributed by atoms with Crippen LogP contribution in [-0.2, 0) is 10.0 Å². The first-order chi connectivity index (χ1) is 8.45. The van der Waals surface area contributed by atoms with Gasteiger partial charge >= 0.3 is 0 Å². The Labute approximate surface area is 129 Å². The van der Waals surface area contributed by atoms with Gasteiger partial charge in [-0.3, -0.25) is 0 Å². The summed E-state index contributed by atoms with van der Waals surface area (Å²) in [6.07, 6.45) is 1.75. The zero-order valence-corrected chi connectivity index (χ0v) is 14.1. The molecule has 0 amide bonds. The number of alkyl halides is 1. The lowest BCUT2D eigenvalue weighted by Gasteiger charge is -2.30. The van der Waals surface area contributed by atoms with Crippen molar-refractivity contribution in [3.63, 3.8) is 0 Å². The van der Waals surface area contributed by atoms with E-state index in [9.17, 15) is 8.42 Å². The summed E-state index contributed by atoms with van der Waals surface area (Å²) in [5.41, 5.74) is 0. The van der Waals surface area contributed by atoms with Gasteiger partial charge in [-0.05, 0) is 24.8 Å². The van der Waals surface area contributed by atoms with Crippen molar-refractivity contribution in [1.82, 2.24) is 4.31 Å². The van der Waals surface area contributed by atoms with Crippen LogP contribution in [0, 0.1) is 5.92 Å². The van der Waals surface area contributed by atoms with Crippen molar-refractivity contribution in [2.75, 3.05) is 18.4 Å². The normalized spacial score (nSPS) is 19.3. The fourth-order valence-electron chi connectivity index (χ4n) is 1.94. The highest BCUT2D eigenvalue weighted by molar-refractivity contribution is 9.09. The molecule has 2 rings (SSSR count). The molecule has 0 aromatic carbocycles. The Balaban J connectivity index is 2.20. The second-order valence-corrected chi connectivity index (χ2v) is 9.03. The van der Waals surface area contributed by atoms with Crippen LogP contribution in [0.4, 0.5) is 0 Å². The number of halogens is 3. The molecule has 0 bridgehead atoms. The van der Waals surface area contributed by atoms with E-state index in [1.807, 2.05) is 0 Å². The molecule has 0 atom stereocenters. The van der Waals surface area contributed by atoms with Gasteiger partial charge in [-0.1, -0.05) is 39.1 Å². The first-order valence-electron chi connectivity index (χ1n) is 5.46. The SMILES string of the molecule is O=S(=O)(c1cc(Cl)sc1Cl)N1CCC(CBr)CC1. The Bertz CT molecular complexity index is 524. The third-order valence-electron chi connectivity index (χ3n) is 3.03. The minimum atomic E-state index is -3.49. The van der Waals surface area contributed by atoms with Crippen LogP contribution in [0.1, 0.15) is 12.8 Å². The van der Waals surface area contributed by atoms with Crippen molar-refractivity contribution in [3.05, 3.63) is 14.7 Å². The van der Waals surface area contributed by atoms with E-state index in [0.717, 1.165) is 29.5 Å². The summed E-state index contributed by atoms with van der Waals surface area (Å²) < 4.78 is 26.9. The largest absolute Gasteiger partial charge is 0.245 e. The summed E-state index contributed by atoms with van der Waals surface area (Å²) in [6, 6.07) is 1.43. The van der Waals surface area contributed by atoms with Crippen molar-refractivity contribution < 1.29 is 8.42 Å². The summed E-state index contributed by atoms with van der Waals surface area (Å²) >= 11 is 16.2. The van der Waals surface area contributed by atoms with Crippen LogP contribution in [0.5, 0.6) is 0 Å². The second kappa shape index (κ2) is 5.97. The average Bonchev–Trinajstić information content (AvgIpc) is 2.69. The molecule has 0 saturated carbocycles. The lowest BCUT2D eigenvalue weighted by Crippen LogP contribution is -2.38.